The van der Waals surface area contributed by atoms with Gasteiger partial charge in [-0.3, -0.25) is 14.5 Å². The minimum absolute atomic E-state index is 0.324. The maximum Gasteiger partial charge on any atom is 0.270 e. The van der Waals surface area contributed by atoms with E-state index >= 15 is 0 Å². The number of hydrogen-bond donors (Lipinski definition) is 1. The van der Waals surface area contributed by atoms with Crippen LogP contribution < -0.4 is 5.73 Å². The molecule has 1 heterocycles. The average molecular weight is 247 g/mol. The molecule has 4 nitrogen and oxygen atoms in total. The van der Waals surface area contributed by atoms with Crippen LogP contribution in [0, 0.1) is 0 Å². The fourth-order valence-corrected chi connectivity index (χ4v) is 2.03. The summed E-state index contributed by atoms with van der Waals surface area (Å²) in [7, 11) is 0. The summed E-state index contributed by atoms with van der Waals surface area (Å²) >= 11 is 6.85. The molecule has 0 aromatic carbocycles. The summed E-state index contributed by atoms with van der Waals surface area (Å²) in [6.07, 6.45) is 1.12. The lowest BCUT2D eigenvalue weighted by atomic mass is 10.3. The van der Waals surface area contributed by atoms with Crippen molar-refractivity contribution in [2.45, 2.75) is 6.42 Å². The van der Waals surface area contributed by atoms with Crippen LogP contribution in [0.5, 0.6) is 0 Å². The summed E-state index contributed by atoms with van der Waals surface area (Å²) < 4.78 is 0.531. The second-order valence-electron chi connectivity index (χ2n) is 2.85. The monoisotopic (exact) mass is 246 g/mol. The summed E-state index contributed by atoms with van der Waals surface area (Å²) in [6, 6.07) is 3.24. The summed E-state index contributed by atoms with van der Waals surface area (Å²) in [5, 5.41) is 0. The van der Waals surface area contributed by atoms with Crippen LogP contribution in [0.15, 0.2) is 12.1 Å². The van der Waals surface area contributed by atoms with Gasteiger partial charge in [-0.25, -0.2) is 0 Å². The standard InChI is InChI=1S/C9H11ClN2O2S/c10-8-3-2-7(15-8)9(14)12(6-13)5-1-4-11/h2-3,6H,1,4-5,11H2. The van der Waals surface area contributed by atoms with Crippen LogP contribution in [0.3, 0.4) is 0 Å². The maximum atomic E-state index is 11.7. The highest BCUT2D eigenvalue weighted by Gasteiger charge is 2.16. The molecule has 15 heavy (non-hydrogen) atoms. The molecule has 0 radical (unpaired) electrons. The third-order valence-electron chi connectivity index (χ3n) is 1.78. The molecule has 0 aliphatic heterocycles. The van der Waals surface area contributed by atoms with Crippen LogP contribution >= 0.6 is 22.9 Å². The summed E-state index contributed by atoms with van der Waals surface area (Å²) in [4.78, 5) is 23.9. The van der Waals surface area contributed by atoms with Gasteiger partial charge >= 0.3 is 0 Å². The van der Waals surface area contributed by atoms with Crippen molar-refractivity contribution in [3.05, 3.63) is 21.3 Å². The Kier molecular flexibility index (Phi) is 4.74. The highest BCUT2D eigenvalue weighted by molar-refractivity contribution is 7.18. The molecule has 1 rings (SSSR count). The molecule has 0 aliphatic carbocycles. The quantitative estimate of drug-likeness (QED) is 0.798. The molecular weight excluding hydrogens is 236 g/mol. The Morgan fingerprint density at radius 1 is 1.60 bits per heavy atom. The van der Waals surface area contributed by atoms with Crippen molar-refractivity contribution in [3.63, 3.8) is 0 Å². The van der Waals surface area contributed by atoms with E-state index in [-0.39, 0.29) is 5.91 Å². The molecule has 2 amide bonds. The predicted molar refractivity (Wildman–Crippen MR) is 60.1 cm³/mol. The summed E-state index contributed by atoms with van der Waals surface area (Å²) in [5.74, 6) is -0.324. The van der Waals surface area contributed by atoms with Gasteiger partial charge in [-0.15, -0.1) is 11.3 Å². The van der Waals surface area contributed by atoms with Crippen molar-refractivity contribution >= 4 is 35.3 Å². The molecule has 2 N–H and O–H groups in total. The van der Waals surface area contributed by atoms with E-state index in [2.05, 4.69) is 0 Å². The first-order valence-electron chi connectivity index (χ1n) is 4.40. The van der Waals surface area contributed by atoms with Gasteiger partial charge in [0.1, 0.15) is 0 Å². The van der Waals surface area contributed by atoms with Crippen LogP contribution in [-0.4, -0.2) is 30.3 Å². The number of rotatable bonds is 5. The van der Waals surface area contributed by atoms with E-state index in [4.69, 9.17) is 17.3 Å². The van der Waals surface area contributed by atoms with Crippen molar-refractivity contribution < 1.29 is 9.59 Å². The SMILES string of the molecule is NCCCN(C=O)C(=O)c1ccc(Cl)s1. The van der Waals surface area contributed by atoms with E-state index in [1.54, 1.807) is 12.1 Å². The van der Waals surface area contributed by atoms with Gasteiger partial charge in [0.15, 0.2) is 0 Å². The zero-order valence-corrected chi connectivity index (χ0v) is 9.55. The van der Waals surface area contributed by atoms with Gasteiger partial charge in [0.25, 0.3) is 5.91 Å². The summed E-state index contributed by atoms with van der Waals surface area (Å²) in [5.41, 5.74) is 5.30. The van der Waals surface area contributed by atoms with Crippen LogP contribution in [0.1, 0.15) is 16.1 Å². The average Bonchev–Trinajstić information content (AvgIpc) is 2.65. The molecule has 0 spiro atoms. The Morgan fingerprint density at radius 2 is 2.33 bits per heavy atom. The first-order chi connectivity index (χ1) is 7.19. The van der Waals surface area contributed by atoms with E-state index < -0.39 is 0 Å². The molecule has 0 unspecified atom stereocenters. The second-order valence-corrected chi connectivity index (χ2v) is 4.57. The molecule has 0 atom stereocenters. The van der Waals surface area contributed by atoms with Crippen molar-refractivity contribution in [2.24, 2.45) is 5.73 Å². The van der Waals surface area contributed by atoms with Crippen molar-refractivity contribution in [3.8, 4) is 0 Å². The molecule has 0 aliphatic rings. The molecule has 6 heteroatoms. The van der Waals surface area contributed by atoms with E-state index in [0.717, 1.165) is 16.2 Å². The fraction of sp³-hybridized carbons (Fsp3) is 0.333. The van der Waals surface area contributed by atoms with Crippen molar-refractivity contribution in [2.75, 3.05) is 13.1 Å². The van der Waals surface area contributed by atoms with E-state index in [9.17, 15) is 9.59 Å². The lowest BCUT2D eigenvalue weighted by molar-refractivity contribution is -0.116. The normalized spacial score (nSPS) is 10.0. The molecule has 0 bridgehead atoms. The van der Waals surface area contributed by atoms with Gasteiger partial charge in [0, 0.05) is 6.54 Å². The minimum Gasteiger partial charge on any atom is -0.330 e. The maximum absolute atomic E-state index is 11.7. The molecular formula is C9H11ClN2O2S. The van der Waals surface area contributed by atoms with Gasteiger partial charge in [-0.2, -0.15) is 0 Å². The molecule has 0 saturated heterocycles. The van der Waals surface area contributed by atoms with Gasteiger partial charge in [-0.05, 0) is 25.1 Å². The van der Waals surface area contributed by atoms with Gasteiger partial charge in [-0.1, -0.05) is 11.6 Å². The Hall–Kier alpha value is -0.910. The Labute approximate surface area is 96.6 Å². The first-order valence-corrected chi connectivity index (χ1v) is 5.60. The molecule has 0 saturated carbocycles. The molecule has 82 valence electrons. The Morgan fingerprint density at radius 3 is 2.80 bits per heavy atom. The van der Waals surface area contributed by atoms with Crippen LogP contribution in [0.4, 0.5) is 0 Å². The lowest BCUT2D eigenvalue weighted by Crippen LogP contribution is -2.31. The predicted octanol–water partition coefficient (Wildman–Crippen LogP) is 1.35. The molecule has 0 fully saturated rings. The fourth-order valence-electron chi connectivity index (χ4n) is 1.03. The number of carbonyl (C=O) groups is 2. The lowest BCUT2D eigenvalue weighted by Gasteiger charge is -2.13. The Bertz CT molecular complexity index is 354. The van der Waals surface area contributed by atoms with Gasteiger partial charge < -0.3 is 5.73 Å². The van der Waals surface area contributed by atoms with Gasteiger partial charge in [0.2, 0.25) is 6.41 Å². The highest BCUT2D eigenvalue weighted by atomic mass is 35.5. The van der Waals surface area contributed by atoms with Gasteiger partial charge in [0.05, 0.1) is 9.21 Å². The topological polar surface area (TPSA) is 63.4 Å². The van der Waals surface area contributed by atoms with Crippen LogP contribution in [0.2, 0.25) is 4.34 Å². The van der Waals surface area contributed by atoms with Crippen molar-refractivity contribution in [1.29, 1.82) is 0 Å². The second kappa shape index (κ2) is 5.85. The third-order valence-corrected chi connectivity index (χ3v) is 2.99. The molecule has 1 aromatic heterocycles. The highest BCUT2D eigenvalue weighted by Crippen LogP contribution is 2.22. The zero-order chi connectivity index (χ0) is 11.3. The number of hydrogen-bond acceptors (Lipinski definition) is 4. The number of nitrogens with two attached hydrogens (primary N) is 1. The number of thiophene rings is 1. The number of imide groups is 1. The first kappa shape index (κ1) is 12.2. The smallest absolute Gasteiger partial charge is 0.270 e. The van der Waals surface area contributed by atoms with E-state index in [1.165, 1.54) is 0 Å². The number of carbonyl (C=O) groups excluding carboxylic acids is 2. The molecule has 1 aromatic rings. The van der Waals surface area contributed by atoms with E-state index in [1.807, 2.05) is 0 Å². The number of halogens is 1. The van der Waals surface area contributed by atoms with Crippen molar-refractivity contribution in [1.82, 2.24) is 4.90 Å². The zero-order valence-electron chi connectivity index (χ0n) is 7.98. The number of nitrogens with zero attached hydrogens (tertiary/aromatic N) is 1. The Balaban J connectivity index is 2.68. The van der Waals surface area contributed by atoms with Crippen LogP contribution in [0.25, 0.3) is 0 Å². The third kappa shape index (κ3) is 3.30. The largest absolute Gasteiger partial charge is 0.330 e. The van der Waals surface area contributed by atoms with Crippen LogP contribution in [-0.2, 0) is 4.79 Å². The summed E-state index contributed by atoms with van der Waals surface area (Å²) in [6.45, 7) is 0.789. The number of amides is 2. The minimum atomic E-state index is -0.324. The van der Waals surface area contributed by atoms with E-state index in [0.29, 0.717) is 35.1 Å².